The van der Waals surface area contributed by atoms with Gasteiger partial charge in [0, 0.05) is 31.1 Å². The van der Waals surface area contributed by atoms with Crippen LogP contribution in [0.15, 0.2) is 24.3 Å². The summed E-state index contributed by atoms with van der Waals surface area (Å²) >= 11 is 0. The molecule has 1 aromatic carbocycles. The summed E-state index contributed by atoms with van der Waals surface area (Å²) in [6.45, 7) is 0.507. The second kappa shape index (κ2) is 6.98. The molecule has 7 nitrogen and oxygen atoms in total. The van der Waals surface area contributed by atoms with E-state index in [0.717, 1.165) is 25.7 Å². The normalized spacial score (nSPS) is 21.2. The monoisotopic (exact) mass is 332 g/mol. The van der Waals surface area contributed by atoms with Gasteiger partial charge in [0.2, 0.25) is 5.91 Å². The van der Waals surface area contributed by atoms with Crippen molar-refractivity contribution in [2.45, 2.75) is 44.8 Å². The highest BCUT2D eigenvalue weighted by Crippen LogP contribution is 2.30. The molecule has 0 bridgehead atoms. The van der Waals surface area contributed by atoms with Crippen molar-refractivity contribution in [1.29, 1.82) is 0 Å². The van der Waals surface area contributed by atoms with Crippen LogP contribution in [0, 0.1) is 16.0 Å². The molecule has 1 saturated heterocycles. The topological polar surface area (TPSA) is 89.7 Å². The number of esters is 1. The number of nitrogens with zero attached hydrogens (tertiary/aromatic N) is 2. The van der Waals surface area contributed by atoms with Crippen LogP contribution in [0.2, 0.25) is 0 Å². The van der Waals surface area contributed by atoms with Crippen molar-refractivity contribution in [3.05, 3.63) is 39.9 Å². The van der Waals surface area contributed by atoms with Gasteiger partial charge in [-0.15, -0.1) is 0 Å². The molecule has 1 aliphatic heterocycles. The number of amides is 1. The Hall–Kier alpha value is -2.44. The fraction of sp³-hybridized carbons (Fsp3) is 0.529. The second-order valence-corrected chi connectivity index (χ2v) is 6.42. The molecule has 0 unspecified atom stereocenters. The predicted octanol–water partition coefficient (Wildman–Crippen LogP) is 2.43. The second-order valence-electron chi connectivity index (χ2n) is 6.42. The van der Waals surface area contributed by atoms with E-state index in [1.54, 1.807) is 12.1 Å². The Labute approximate surface area is 139 Å². The lowest BCUT2D eigenvalue weighted by molar-refractivity contribution is -0.384. The van der Waals surface area contributed by atoms with Gasteiger partial charge in [-0.2, -0.15) is 0 Å². The Kier molecular flexibility index (Phi) is 4.78. The summed E-state index contributed by atoms with van der Waals surface area (Å²) in [4.78, 5) is 36.3. The first-order chi connectivity index (χ1) is 11.5. The molecule has 0 aromatic heterocycles. The van der Waals surface area contributed by atoms with Gasteiger partial charge in [0.1, 0.15) is 6.61 Å². The van der Waals surface area contributed by atoms with E-state index in [1.807, 2.05) is 4.90 Å². The van der Waals surface area contributed by atoms with Crippen LogP contribution < -0.4 is 0 Å². The number of hydrogen-bond donors (Lipinski definition) is 0. The highest BCUT2D eigenvalue weighted by molar-refractivity contribution is 5.87. The third kappa shape index (κ3) is 3.55. The fourth-order valence-corrected chi connectivity index (χ4v) is 3.44. The van der Waals surface area contributed by atoms with Gasteiger partial charge in [-0.05, 0) is 30.5 Å². The van der Waals surface area contributed by atoms with Crippen molar-refractivity contribution in [2.75, 3.05) is 6.54 Å². The summed E-state index contributed by atoms with van der Waals surface area (Å²) in [6, 6.07) is 6.17. The van der Waals surface area contributed by atoms with Crippen LogP contribution in [0.3, 0.4) is 0 Å². The summed E-state index contributed by atoms with van der Waals surface area (Å²) < 4.78 is 5.28. The van der Waals surface area contributed by atoms with Crippen molar-refractivity contribution in [2.24, 2.45) is 5.92 Å². The molecule has 128 valence electrons. The highest BCUT2D eigenvalue weighted by Gasteiger charge is 2.39. The third-order valence-corrected chi connectivity index (χ3v) is 4.79. The fourth-order valence-electron chi connectivity index (χ4n) is 3.44. The van der Waals surface area contributed by atoms with Gasteiger partial charge >= 0.3 is 5.97 Å². The summed E-state index contributed by atoms with van der Waals surface area (Å²) in [6.07, 6.45) is 4.55. The van der Waals surface area contributed by atoms with Gasteiger partial charge in [-0.25, -0.2) is 0 Å². The maximum atomic E-state index is 12.2. The molecule has 2 fully saturated rings. The number of ether oxygens (including phenoxy) is 1. The molecule has 0 radical (unpaired) electrons. The Morgan fingerprint density at radius 2 is 1.92 bits per heavy atom. The molecule has 1 heterocycles. The van der Waals surface area contributed by atoms with Crippen LogP contribution in [-0.4, -0.2) is 34.3 Å². The van der Waals surface area contributed by atoms with Crippen molar-refractivity contribution >= 4 is 17.6 Å². The average molecular weight is 332 g/mol. The number of hydrogen-bond acceptors (Lipinski definition) is 5. The maximum Gasteiger partial charge on any atom is 0.311 e. The van der Waals surface area contributed by atoms with E-state index in [4.69, 9.17) is 4.74 Å². The van der Waals surface area contributed by atoms with Crippen LogP contribution in [0.1, 0.15) is 37.7 Å². The van der Waals surface area contributed by atoms with Gasteiger partial charge in [-0.1, -0.05) is 12.8 Å². The quantitative estimate of drug-likeness (QED) is 0.469. The summed E-state index contributed by atoms with van der Waals surface area (Å²) in [5.74, 6) is -0.738. The Morgan fingerprint density at radius 1 is 1.25 bits per heavy atom. The van der Waals surface area contributed by atoms with Crippen molar-refractivity contribution in [3.8, 4) is 0 Å². The van der Waals surface area contributed by atoms with E-state index < -0.39 is 10.8 Å². The molecule has 3 rings (SSSR count). The van der Waals surface area contributed by atoms with E-state index >= 15 is 0 Å². The molecule has 24 heavy (non-hydrogen) atoms. The van der Waals surface area contributed by atoms with Crippen LogP contribution in [0.5, 0.6) is 0 Å². The molecule has 1 saturated carbocycles. The highest BCUT2D eigenvalue weighted by atomic mass is 16.6. The third-order valence-electron chi connectivity index (χ3n) is 4.79. The molecule has 1 amide bonds. The molecule has 2 aliphatic rings. The van der Waals surface area contributed by atoms with E-state index in [9.17, 15) is 19.7 Å². The molecular formula is C17H20N2O5. The summed E-state index contributed by atoms with van der Waals surface area (Å²) in [7, 11) is 0. The zero-order valence-corrected chi connectivity index (χ0v) is 13.3. The van der Waals surface area contributed by atoms with Gasteiger partial charge in [-0.3, -0.25) is 19.7 Å². The number of non-ortho nitro benzene ring substituents is 1. The van der Waals surface area contributed by atoms with E-state index in [2.05, 4.69) is 0 Å². The lowest BCUT2D eigenvalue weighted by atomic mass is 10.1. The number of benzene rings is 1. The van der Waals surface area contributed by atoms with Gasteiger partial charge in [0.05, 0.1) is 10.8 Å². The van der Waals surface area contributed by atoms with Crippen LogP contribution in [0.4, 0.5) is 5.69 Å². The maximum absolute atomic E-state index is 12.2. The van der Waals surface area contributed by atoms with Gasteiger partial charge in [0.25, 0.3) is 5.69 Å². The molecule has 7 heteroatoms. The average Bonchev–Trinajstić information content (AvgIpc) is 3.22. The smallest absolute Gasteiger partial charge is 0.311 e. The standard InChI is InChI=1S/C17H20N2O5/c20-16-9-13(10-18(16)14-3-1-2-4-14)17(21)24-11-12-5-7-15(8-6-12)19(22)23/h5-8,13-14H,1-4,9-11H2/t13-/m1/s1. The van der Waals surface area contributed by atoms with Crippen LogP contribution in [-0.2, 0) is 20.9 Å². The van der Waals surface area contributed by atoms with Gasteiger partial charge < -0.3 is 9.64 Å². The molecular weight excluding hydrogens is 312 g/mol. The number of carbonyl (C=O) groups excluding carboxylic acids is 2. The molecule has 0 spiro atoms. The lowest BCUT2D eigenvalue weighted by Crippen LogP contribution is -2.35. The molecule has 1 aliphatic carbocycles. The Morgan fingerprint density at radius 3 is 2.54 bits per heavy atom. The van der Waals surface area contributed by atoms with Crippen molar-refractivity contribution < 1.29 is 19.2 Å². The van der Waals surface area contributed by atoms with Crippen molar-refractivity contribution in [3.63, 3.8) is 0 Å². The minimum absolute atomic E-state index is 0.00123. The van der Waals surface area contributed by atoms with E-state index in [1.165, 1.54) is 12.1 Å². The zero-order valence-electron chi connectivity index (χ0n) is 13.3. The van der Waals surface area contributed by atoms with E-state index in [-0.39, 0.29) is 36.6 Å². The molecule has 0 N–H and O–H groups in total. The largest absolute Gasteiger partial charge is 0.461 e. The SMILES string of the molecule is O=C(OCc1ccc([N+](=O)[O-])cc1)[C@@H]1CC(=O)N(C2CCCC2)C1. The summed E-state index contributed by atoms with van der Waals surface area (Å²) in [5, 5.41) is 10.6. The van der Waals surface area contributed by atoms with Crippen LogP contribution >= 0.6 is 0 Å². The minimum atomic E-state index is -0.475. The van der Waals surface area contributed by atoms with Crippen molar-refractivity contribution in [1.82, 2.24) is 4.90 Å². The Bertz CT molecular complexity index is 637. The lowest BCUT2D eigenvalue weighted by Gasteiger charge is -2.23. The number of carbonyl (C=O) groups is 2. The first-order valence-corrected chi connectivity index (χ1v) is 8.24. The zero-order chi connectivity index (χ0) is 17.1. The van der Waals surface area contributed by atoms with Crippen LogP contribution in [0.25, 0.3) is 0 Å². The number of likely N-dealkylation sites (tertiary alicyclic amines) is 1. The Balaban J connectivity index is 1.52. The molecule has 1 atom stereocenters. The van der Waals surface area contributed by atoms with Gasteiger partial charge in [0.15, 0.2) is 0 Å². The summed E-state index contributed by atoms with van der Waals surface area (Å²) in [5.41, 5.74) is 0.685. The molecule has 1 aromatic rings. The predicted molar refractivity (Wildman–Crippen MR) is 85.0 cm³/mol. The number of rotatable bonds is 5. The minimum Gasteiger partial charge on any atom is -0.461 e. The number of nitro groups is 1. The number of nitro benzene ring substituents is 1. The van der Waals surface area contributed by atoms with E-state index in [0.29, 0.717) is 12.1 Å². The first-order valence-electron chi connectivity index (χ1n) is 8.24. The first kappa shape index (κ1) is 16.4.